The number of ketones is 4. The van der Waals surface area contributed by atoms with E-state index >= 15 is 0 Å². The van der Waals surface area contributed by atoms with Crippen molar-refractivity contribution in [2.24, 2.45) is 11.8 Å². The summed E-state index contributed by atoms with van der Waals surface area (Å²) in [6.07, 6.45) is 1.01. The van der Waals surface area contributed by atoms with E-state index in [0.717, 1.165) is 6.92 Å². The van der Waals surface area contributed by atoms with Gasteiger partial charge in [0.15, 0.2) is 17.2 Å². The molecule has 236 valence electrons. The van der Waals surface area contributed by atoms with Crippen LogP contribution in [-0.2, 0) is 25.6 Å². The van der Waals surface area contributed by atoms with Gasteiger partial charge in [0.2, 0.25) is 5.78 Å². The number of nitrogens with zero attached hydrogens (tertiary/aromatic N) is 1. The molecule has 0 saturated heterocycles. The summed E-state index contributed by atoms with van der Waals surface area (Å²) in [6.45, 7) is 2.89. The maximum Gasteiger partial charge on any atom is 0.251 e. The zero-order valence-electron chi connectivity index (χ0n) is 25.5. The molecule has 2 aromatic rings. The second-order valence-corrected chi connectivity index (χ2v) is 12.3. The molecular formula is C34H36N2O9. The molecular weight excluding hydrogens is 580 g/mol. The van der Waals surface area contributed by atoms with E-state index < -0.39 is 57.9 Å². The average Bonchev–Trinajstić information content (AvgIpc) is 2.96. The lowest BCUT2D eigenvalue weighted by molar-refractivity contribution is -0.153. The van der Waals surface area contributed by atoms with Crippen molar-refractivity contribution in [2.75, 3.05) is 20.6 Å². The number of aromatic hydroxyl groups is 1. The first-order valence-corrected chi connectivity index (χ1v) is 14.8. The Labute approximate surface area is 259 Å². The lowest BCUT2D eigenvalue weighted by Crippen LogP contribution is -2.65. The number of aliphatic hydroxyl groups excluding tert-OH is 2. The third-order valence-electron chi connectivity index (χ3n) is 9.14. The molecule has 0 unspecified atom stereocenters. The summed E-state index contributed by atoms with van der Waals surface area (Å²) in [5, 5.41) is 48.1. The Morgan fingerprint density at radius 1 is 1.04 bits per heavy atom. The van der Waals surface area contributed by atoms with E-state index in [1.807, 2.05) is 0 Å². The van der Waals surface area contributed by atoms with Crippen molar-refractivity contribution >= 4 is 34.8 Å². The van der Waals surface area contributed by atoms with Gasteiger partial charge in [-0.3, -0.25) is 24.1 Å². The molecule has 5 rings (SSSR count). The average molecular weight is 617 g/mol. The molecule has 2 aromatic carbocycles. The topological polar surface area (TPSA) is 182 Å². The van der Waals surface area contributed by atoms with E-state index in [1.165, 1.54) is 17.9 Å². The number of hydrogen-bond donors (Lipinski definition) is 5. The molecule has 0 spiro atoms. The normalized spacial score (nSPS) is 24.3. The number of fused-ring (bicyclic) bond motifs is 3. The van der Waals surface area contributed by atoms with Gasteiger partial charge >= 0.3 is 0 Å². The third-order valence-corrected chi connectivity index (χ3v) is 9.14. The van der Waals surface area contributed by atoms with Crippen LogP contribution in [0.2, 0.25) is 0 Å². The summed E-state index contributed by atoms with van der Waals surface area (Å²) in [5.74, 6) is -6.55. The van der Waals surface area contributed by atoms with Crippen molar-refractivity contribution in [1.82, 2.24) is 10.2 Å². The summed E-state index contributed by atoms with van der Waals surface area (Å²) in [6, 6.07) is 8.69. The lowest BCUT2D eigenvalue weighted by atomic mass is 9.57. The Hall–Kier alpha value is -4.61. The number of carbonyl (C=O) groups is 5. The molecule has 0 aliphatic heterocycles. The number of aliphatic hydroxyl groups is 3. The Morgan fingerprint density at radius 2 is 1.76 bits per heavy atom. The number of Topliss-reactive ketones (excluding diaryl/α,β-unsaturated/α-hetero) is 4. The molecule has 3 aliphatic carbocycles. The molecule has 1 saturated carbocycles. The van der Waals surface area contributed by atoms with Gasteiger partial charge in [-0.2, -0.15) is 0 Å². The van der Waals surface area contributed by atoms with Gasteiger partial charge in [0.05, 0.1) is 11.6 Å². The minimum Gasteiger partial charge on any atom is -0.508 e. The summed E-state index contributed by atoms with van der Waals surface area (Å²) in [4.78, 5) is 65.4. The van der Waals surface area contributed by atoms with E-state index in [0.29, 0.717) is 41.6 Å². The molecule has 0 aromatic heterocycles. The number of nitrogens with one attached hydrogen (secondary N) is 1. The highest BCUT2D eigenvalue weighted by molar-refractivity contribution is 6.25. The summed E-state index contributed by atoms with van der Waals surface area (Å²) in [5.41, 5.74) is -1.42. The number of phenols is 1. The van der Waals surface area contributed by atoms with Crippen molar-refractivity contribution in [1.29, 1.82) is 0 Å². The highest BCUT2D eigenvalue weighted by Gasteiger charge is 2.64. The quantitative estimate of drug-likeness (QED) is 0.219. The molecule has 0 heterocycles. The molecule has 0 bridgehead atoms. The van der Waals surface area contributed by atoms with E-state index in [-0.39, 0.29) is 41.4 Å². The number of hydrogen-bond acceptors (Lipinski definition) is 10. The number of carbonyl (C=O) groups excluding carboxylic acids is 5. The third kappa shape index (κ3) is 5.15. The molecule has 1 amide bonds. The summed E-state index contributed by atoms with van der Waals surface area (Å²) in [7, 11) is 3.16. The fraction of sp³-hybridized carbons (Fsp3) is 0.382. The standard InChI is InChI=1S/C34H36N2O9/c1-16(37)7-6-12-35-33(44)19-9-5-8-18(13-19)21-10-11-24(39)27-22(21)14-20-15-23-28(36(3)4)30(41)25(17(2)38)31(42)34(23,45)32(43)26(20)29(27)40/h5,8-11,13,20,23,28,39-40,42,45H,6-7,12,14-15H2,1-4H3,(H,35,44)/t20-,23-,28-,34+/m0/s1. The number of likely N-dealkylation sites (N-methyl/N-ethyl adjacent to an activating group) is 1. The number of amides is 1. The van der Waals surface area contributed by atoms with Crippen molar-refractivity contribution in [3.63, 3.8) is 0 Å². The van der Waals surface area contributed by atoms with Crippen LogP contribution >= 0.6 is 0 Å². The summed E-state index contributed by atoms with van der Waals surface area (Å²) >= 11 is 0. The predicted octanol–water partition coefficient (Wildman–Crippen LogP) is 2.83. The van der Waals surface area contributed by atoms with Crippen LogP contribution in [-0.4, -0.2) is 86.6 Å². The van der Waals surface area contributed by atoms with E-state index in [1.54, 1.807) is 44.4 Å². The second-order valence-electron chi connectivity index (χ2n) is 12.3. The summed E-state index contributed by atoms with van der Waals surface area (Å²) < 4.78 is 0. The highest BCUT2D eigenvalue weighted by Crippen LogP contribution is 2.53. The molecule has 45 heavy (non-hydrogen) atoms. The van der Waals surface area contributed by atoms with Crippen molar-refractivity contribution in [2.45, 2.75) is 51.2 Å². The molecule has 11 nitrogen and oxygen atoms in total. The SMILES string of the molecule is CC(=O)CCCNC(=O)c1cccc(-c2ccc(O)c3c2C[C@H]2C[C@H]4[C@H](N(C)C)C(=O)C(C(C)=O)=C(O)[C@@]4(O)C(=O)C2=C3O)c1. The van der Waals surface area contributed by atoms with Crippen LogP contribution in [0.5, 0.6) is 5.75 Å². The Kier molecular flexibility index (Phi) is 8.28. The fourth-order valence-electron chi connectivity index (χ4n) is 7.09. The Bertz CT molecular complexity index is 1720. The lowest BCUT2D eigenvalue weighted by Gasteiger charge is -2.50. The highest BCUT2D eigenvalue weighted by atomic mass is 16.3. The first kappa shape index (κ1) is 31.8. The largest absolute Gasteiger partial charge is 0.508 e. The number of phenolic OH excluding ortho intramolecular Hbond substituents is 1. The van der Waals surface area contributed by atoms with E-state index in [2.05, 4.69) is 5.32 Å². The first-order chi connectivity index (χ1) is 21.2. The molecule has 0 radical (unpaired) electrons. The first-order valence-electron chi connectivity index (χ1n) is 14.8. The second kappa shape index (κ2) is 11.7. The minimum atomic E-state index is -2.64. The van der Waals surface area contributed by atoms with Gasteiger partial charge in [0, 0.05) is 30.0 Å². The van der Waals surface area contributed by atoms with Crippen molar-refractivity contribution in [3.8, 4) is 16.9 Å². The fourth-order valence-corrected chi connectivity index (χ4v) is 7.09. The molecule has 5 N–H and O–H groups in total. The smallest absolute Gasteiger partial charge is 0.251 e. The zero-order chi connectivity index (χ0) is 33.0. The van der Waals surface area contributed by atoms with Gasteiger partial charge in [-0.15, -0.1) is 0 Å². The van der Waals surface area contributed by atoms with Crippen LogP contribution in [0.4, 0.5) is 0 Å². The maximum absolute atomic E-state index is 14.1. The molecule has 3 aliphatic rings. The minimum absolute atomic E-state index is 0.00269. The van der Waals surface area contributed by atoms with Crippen LogP contribution in [0.15, 0.2) is 53.3 Å². The van der Waals surface area contributed by atoms with E-state index in [9.17, 15) is 44.4 Å². The van der Waals surface area contributed by atoms with Gasteiger partial charge in [-0.1, -0.05) is 18.2 Å². The van der Waals surface area contributed by atoms with Crippen LogP contribution in [0.3, 0.4) is 0 Å². The predicted molar refractivity (Wildman–Crippen MR) is 163 cm³/mol. The van der Waals surface area contributed by atoms with Crippen LogP contribution in [0.1, 0.15) is 54.6 Å². The van der Waals surface area contributed by atoms with Gasteiger partial charge in [-0.05, 0) is 88.0 Å². The van der Waals surface area contributed by atoms with Crippen LogP contribution in [0, 0.1) is 11.8 Å². The maximum atomic E-state index is 14.1. The van der Waals surface area contributed by atoms with Gasteiger partial charge < -0.3 is 30.5 Å². The Morgan fingerprint density at radius 3 is 2.40 bits per heavy atom. The van der Waals surface area contributed by atoms with Gasteiger partial charge in [0.25, 0.3) is 5.91 Å². The number of benzene rings is 2. The van der Waals surface area contributed by atoms with Gasteiger partial charge in [0.1, 0.15) is 28.6 Å². The molecule has 11 heteroatoms. The van der Waals surface area contributed by atoms with Gasteiger partial charge in [-0.25, -0.2) is 0 Å². The van der Waals surface area contributed by atoms with Crippen LogP contribution < -0.4 is 5.32 Å². The monoisotopic (exact) mass is 616 g/mol. The number of rotatable bonds is 8. The van der Waals surface area contributed by atoms with E-state index in [4.69, 9.17) is 0 Å². The van der Waals surface area contributed by atoms with Crippen molar-refractivity contribution in [3.05, 3.63) is 70.0 Å². The van der Waals surface area contributed by atoms with Crippen molar-refractivity contribution < 1.29 is 44.4 Å². The Balaban J connectivity index is 1.59. The zero-order valence-corrected chi connectivity index (χ0v) is 25.5. The molecule has 1 fully saturated rings. The van der Waals surface area contributed by atoms with Crippen LogP contribution in [0.25, 0.3) is 16.9 Å². The molecule has 4 atom stereocenters.